The summed E-state index contributed by atoms with van der Waals surface area (Å²) in [5.74, 6) is -0.686. The molecule has 0 radical (unpaired) electrons. The predicted octanol–water partition coefficient (Wildman–Crippen LogP) is 1.27. The number of nitrogens with one attached hydrogen (secondary N) is 3. The summed E-state index contributed by atoms with van der Waals surface area (Å²) in [6.45, 7) is 3.70. The molecule has 0 bridgehead atoms. The van der Waals surface area contributed by atoms with Crippen LogP contribution in [0.3, 0.4) is 0 Å². The van der Waals surface area contributed by atoms with Crippen LogP contribution in [-0.4, -0.2) is 27.4 Å². The zero-order chi connectivity index (χ0) is 19.4. The first kappa shape index (κ1) is 18.2. The Balaban J connectivity index is 1.71. The van der Waals surface area contributed by atoms with E-state index >= 15 is 0 Å². The van der Waals surface area contributed by atoms with Crippen LogP contribution in [0.1, 0.15) is 24.4 Å². The maximum Gasteiger partial charge on any atom is 0.287 e. The second-order valence-corrected chi connectivity index (χ2v) is 5.79. The smallest absolute Gasteiger partial charge is 0.287 e. The molecule has 0 saturated carbocycles. The van der Waals surface area contributed by atoms with Crippen LogP contribution >= 0.6 is 0 Å². The molecule has 0 aliphatic carbocycles. The van der Waals surface area contributed by atoms with Crippen molar-refractivity contribution in [1.82, 2.24) is 20.3 Å². The van der Waals surface area contributed by atoms with Gasteiger partial charge in [-0.3, -0.25) is 29.8 Å². The molecule has 3 aromatic rings. The molecule has 27 heavy (non-hydrogen) atoms. The number of hydrogen-bond acceptors (Lipinski definition) is 6. The molecule has 0 saturated heterocycles. The minimum absolute atomic E-state index is 0.110. The van der Waals surface area contributed by atoms with Gasteiger partial charge in [-0.25, -0.2) is 4.98 Å². The molecule has 2 heterocycles. The van der Waals surface area contributed by atoms with Crippen LogP contribution < -0.4 is 21.7 Å². The van der Waals surface area contributed by atoms with Gasteiger partial charge in [-0.05, 0) is 38.1 Å². The van der Waals surface area contributed by atoms with E-state index in [-0.39, 0.29) is 17.3 Å². The van der Waals surface area contributed by atoms with Crippen molar-refractivity contribution in [2.75, 3.05) is 5.43 Å². The summed E-state index contributed by atoms with van der Waals surface area (Å²) in [5.41, 5.74) is 5.43. The zero-order valence-corrected chi connectivity index (χ0v) is 14.9. The van der Waals surface area contributed by atoms with E-state index in [1.165, 1.54) is 23.8 Å². The molecular formula is C18H19N5O4. The Kier molecular flexibility index (Phi) is 5.20. The molecule has 3 N–H and O–H groups in total. The average Bonchev–Trinajstić information content (AvgIpc) is 3.21. The summed E-state index contributed by atoms with van der Waals surface area (Å²) < 4.78 is 6.39. The van der Waals surface area contributed by atoms with Crippen molar-refractivity contribution in [1.29, 1.82) is 0 Å². The number of hydrogen-bond donors (Lipinski definition) is 3. The van der Waals surface area contributed by atoms with Crippen LogP contribution in [0.2, 0.25) is 0 Å². The Hall–Kier alpha value is -3.62. The van der Waals surface area contributed by atoms with Gasteiger partial charge in [-0.1, -0.05) is 12.1 Å². The van der Waals surface area contributed by atoms with Crippen LogP contribution in [-0.2, 0) is 11.3 Å². The second kappa shape index (κ2) is 7.73. The SMILES string of the molecule is CCn1c(NNC(=O)[C@@H](C)NC(=O)c2ccco2)nc2ccccc2c1=O. The number of carbonyl (C=O) groups excluding carboxylic acids is 2. The summed E-state index contributed by atoms with van der Waals surface area (Å²) in [5, 5.41) is 3.01. The maximum absolute atomic E-state index is 12.5. The molecule has 0 aliphatic rings. The van der Waals surface area contributed by atoms with Crippen LogP contribution in [0.15, 0.2) is 51.9 Å². The summed E-state index contributed by atoms with van der Waals surface area (Å²) >= 11 is 0. The van der Waals surface area contributed by atoms with Gasteiger partial charge < -0.3 is 9.73 Å². The highest BCUT2D eigenvalue weighted by atomic mass is 16.3. The van der Waals surface area contributed by atoms with Crippen LogP contribution in [0, 0.1) is 0 Å². The molecule has 0 aliphatic heterocycles. The molecule has 0 spiro atoms. The van der Waals surface area contributed by atoms with E-state index in [0.717, 1.165) is 0 Å². The Morgan fingerprint density at radius 3 is 2.70 bits per heavy atom. The number of aromatic nitrogens is 2. The summed E-state index contributed by atoms with van der Waals surface area (Å²) in [6.07, 6.45) is 1.37. The van der Waals surface area contributed by atoms with Crippen LogP contribution in [0.4, 0.5) is 5.95 Å². The first-order valence-corrected chi connectivity index (χ1v) is 8.41. The lowest BCUT2D eigenvalue weighted by atomic mass is 10.2. The van der Waals surface area contributed by atoms with Gasteiger partial charge >= 0.3 is 0 Å². The van der Waals surface area contributed by atoms with Crippen molar-refractivity contribution in [3.8, 4) is 0 Å². The Labute approximate surface area is 154 Å². The second-order valence-electron chi connectivity index (χ2n) is 5.79. The number of para-hydroxylation sites is 1. The van der Waals surface area contributed by atoms with Crippen molar-refractivity contribution in [2.45, 2.75) is 26.4 Å². The van der Waals surface area contributed by atoms with E-state index in [1.54, 1.807) is 37.3 Å². The van der Waals surface area contributed by atoms with E-state index in [9.17, 15) is 14.4 Å². The van der Waals surface area contributed by atoms with Gasteiger partial charge in [0.05, 0.1) is 17.2 Å². The van der Waals surface area contributed by atoms with E-state index in [2.05, 4.69) is 21.2 Å². The Bertz CT molecular complexity index is 1030. The molecule has 9 nitrogen and oxygen atoms in total. The Morgan fingerprint density at radius 1 is 1.22 bits per heavy atom. The van der Waals surface area contributed by atoms with Crippen molar-refractivity contribution in [3.05, 3.63) is 58.8 Å². The van der Waals surface area contributed by atoms with Crippen LogP contribution in [0.5, 0.6) is 0 Å². The van der Waals surface area contributed by atoms with E-state index in [1.807, 2.05) is 0 Å². The highest BCUT2D eigenvalue weighted by Crippen LogP contribution is 2.10. The maximum atomic E-state index is 12.5. The van der Waals surface area contributed by atoms with Gasteiger partial charge in [0.15, 0.2) is 5.76 Å². The highest BCUT2D eigenvalue weighted by Gasteiger charge is 2.18. The Morgan fingerprint density at radius 2 is 2.00 bits per heavy atom. The molecule has 0 unspecified atom stereocenters. The molecule has 0 fully saturated rings. The largest absolute Gasteiger partial charge is 0.459 e. The number of rotatable bonds is 6. The van der Waals surface area contributed by atoms with Gasteiger partial charge in [0.1, 0.15) is 6.04 Å². The molecule has 2 aromatic heterocycles. The molecule has 9 heteroatoms. The average molecular weight is 369 g/mol. The number of anilines is 1. The lowest BCUT2D eigenvalue weighted by molar-refractivity contribution is -0.122. The molecule has 140 valence electrons. The third-order valence-electron chi connectivity index (χ3n) is 3.96. The molecular weight excluding hydrogens is 350 g/mol. The number of amides is 2. The minimum Gasteiger partial charge on any atom is -0.459 e. The van der Waals surface area contributed by atoms with Gasteiger partial charge in [0.2, 0.25) is 5.95 Å². The molecule has 1 aromatic carbocycles. The quantitative estimate of drug-likeness (QED) is 0.563. The predicted molar refractivity (Wildman–Crippen MR) is 99.1 cm³/mol. The number of fused-ring (bicyclic) bond motifs is 1. The molecule has 2 amide bonds. The molecule has 3 rings (SSSR count). The third kappa shape index (κ3) is 3.81. The fraction of sp³-hybridized carbons (Fsp3) is 0.222. The number of carbonyl (C=O) groups is 2. The third-order valence-corrected chi connectivity index (χ3v) is 3.96. The van der Waals surface area contributed by atoms with E-state index < -0.39 is 17.9 Å². The van der Waals surface area contributed by atoms with E-state index in [0.29, 0.717) is 17.4 Å². The zero-order valence-electron chi connectivity index (χ0n) is 14.9. The fourth-order valence-electron chi connectivity index (χ4n) is 2.52. The van der Waals surface area contributed by atoms with Crippen LogP contribution in [0.25, 0.3) is 10.9 Å². The normalized spacial score (nSPS) is 11.8. The first-order valence-electron chi connectivity index (χ1n) is 8.41. The number of nitrogens with zero attached hydrogens (tertiary/aromatic N) is 2. The first-order chi connectivity index (χ1) is 13.0. The van der Waals surface area contributed by atoms with Gasteiger partial charge in [-0.2, -0.15) is 0 Å². The van der Waals surface area contributed by atoms with Crippen molar-refractivity contribution < 1.29 is 14.0 Å². The van der Waals surface area contributed by atoms with E-state index in [4.69, 9.17) is 4.42 Å². The standard InChI is InChI=1S/C18H19N5O4/c1-3-23-17(26)12-7-4-5-8-13(12)20-18(23)22-21-15(24)11(2)19-16(25)14-9-6-10-27-14/h4-11H,3H2,1-2H3,(H,19,25)(H,20,22)(H,21,24)/t11-/m1/s1. The monoisotopic (exact) mass is 369 g/mol. The lowest BCUT2D eigenvalue weighted by Gasteiger charge is -2.16. The van der Waals surface area contributed by atoms with Crippen molar-refractivity contribution in [2.24, 2.45) is 0 Å². The molecule has 1 atom stereocenters. The summed E-state index contributed by atoms with van der Waals surface area (Å²) in [6, 6.07) is 9.20. The number of benzene rings is 1. The van der Waals surface area contributed by atoms with Gasteiger partial charge in [-0.15, -0.1) is 0 Å². The van der Waals surface area contributed by atoms with Crippen molar-refractivity contribution in [3.63, 3.8) is 0 Å². The fourth-order valence-corrected chi connectivity index (χ4v) is 2.52. The minimum atomic E-state index is -0.836. The summed E-state index contributed by atoms with van der Waals surface area (Å²) in [4.78, 5) is 41.1. The highest BCUT2D eigenvalue weighted by molar-refractivity contribution is 5.95. The van der Waals surface area contributed by atoms with Gasteiger partial charge in [0, 0.05) is 6.54 Å². The summed E-state index contributed by atoms with van der Waals surface area (Å²) in [7, 11) is 0. The topological polar surface area (TPSA) is 118 Å². The van der Waals surface area contributed by atoms with Crippen molar-refractivity contribution >= 4 is 28.7 Å². The van der Waals surface area contributed by atoms with Gasteiger partial charge in [0.25, 0.3) is 17.4 Å². The lowest BCUT2D eigenvalue weighted by Crippen LogP contribution is -2.47. The number of furan rings is 1. The number of hydrazine groups is 1.